The Morgan fingerprint density at radius 2 is 1.84 bits per heavy atom. The predicted octanol–water partition coefficient (Wildman–Crippen LogP) is 4.96. The quantitative estimate of drug-likeness (QED) is 0.503. The van der Waals surface area contributed by atoms with E-state index < -0.39 is 6.04 Å². The number of carbonyl (C=O) groups excluding carboxylic acids is 1. The molecule has 5 nitrogen and oxygen atoms in total. The van der Waals surface area contributed by atoms with Crippen LogP contribution in [0, 0.1) is 5.82 Å². The predicted molar refractivity (Wildman–Crippen MR) is 114 cm³/mol. The van der Waals surface area contributed by atoms with Gasteiger partial charge in [0.05, 0.1) is 5.69 Å². The Morgan fingerprint density at radius 1 is 1.03 bits per heavy atom. The van der Waals surface area contributed by atoms with Crippen LogP contribution >= 0.6 is 0 Å². The number of para-hydroxylation sites is 1. The van der Waals surface area contributed by atoms with E-state index in [4.69, 9.17) is 4.52 Å². The number of amides is 1. The minimum atomic E-state index is -0.547. The van der Waals surface area contributed by atoms with E-state index >= 15 is 0 Å². The summed E-state index contributed by atoms with van der Waals surface area (Å²) in [7, 11) is 0. The first-order valence-corrected chi connectivity index (χ1v) is 10.8. The van der Waals surface area contributed by atoms with Gasteiger partial charge in [0.2, 0.25) is 5.76 Å². The highest BCUT2D eigenvalue weighted by molar-refractivity contribution is 5.94. The summed E-state index contributed by atoms with van der Waals surface area (Å²) in [6.45, 7) is 0.488. The molecule has 2 aromatic carbocycles. The van der Waals surface area contributed by atoms with E-state index in [0.717, 1.165) is 59.1 Å². The highest BCUT2D eigenvalue weighted by Crippen LogP contribution is 2.40. The Kier molecular flexibility index (Phi) is 4.19. The number of halogens is 1. The Bertz CT molecular complexity index is 1310. The van der Waals surface area contributed by atoms with E-state index in [1.165, 1.54) is 6.07 Å². The molecule has 6 heteroatoms. The van der Waals surface area contributed by atoms with Gasteiger partial charge >= 0.3 is 0 Å². The number of H-pyrrole nitrogens is 1. The van der Waals surface area contributed by atoms with E-state index in [1.807, 2.05) is 24.3 Å². The van der Waals surface area contributed by atoms with Crippen molar-refractivity contribution < 1.29 is 13.7 Å². The van der Waals surface area contributed by atoms with E-state index in [1.54, 1.807) is 17.0 Å². The maximum absolute atomic E-state index is 15.0. The zero-order valence-electron chi connectivity index (χ0n) is 17.0. The molecular weight excluding hydrogens is 393 g/mol. The lowest BCUT2D eigenvalue weighted by Crippen LogP contribution is -2.41. The van der Waals surface area contributed by atoms with Crippen LogP contribution in [0.15, 0.2) is 53.1 Å². The van der Waals surface area contributed by atoms with Gasteiger partial charge in [0, 0.05) is 34.3 Å². The molecule has 2 aromatic heterocycles. The monoisotopic (exact) mass is 415 g/mol. The largest absolute Gasteiger partial charge is 0.356 e. The normalized spacial score (nSPS) is 18.1. The van der Waals surface area contributed by atoms with Crippen molar-refractivity contribution in [3.05, 3.63) is 88.2 Å². The van der Waals surface area contributed by atoms with E-state index in [2.05, 4.69) is 16.2 Å². The third-order valence-corrected chi connectivity index (χ3v) is 6.65. The molecule has 0 bridgehead atoms. The smallest absolute Gasteiger partial charge is 0.293 e. The first-order valence-electron chi connectivity index (χ1n) is 10.8. The summed E-state index contributed by atoms with van der Waals surface area (Å²) in [6, 6.07) is 14.2. The van der Waals surface area contributed by atoms with Crippen molar-refractivity contribution in [3.8, 4) is 0 Å². The minimum absolute atomic E-state index is 0.215. The number of aromatic amines is 1. The van der Waals surface area contributed by atoms with Crippen molar-refractivity contribution in [1.82, 2.24) is 15.0 Å². The number of aromatic nitrogens is 2. The zero-order chi connectivity index (χ0) is 20.9. The molecule has 1 atom stereocenters. The number of nitrogens with one attached hydrogen (secondary N) is 1. The Morgan fingerprint density at radius 3 is 2.74 bits per heavy atom. The number of benzene rings is 2. The number of hydrogen-bond donors (Lipinski definition) is 1. The highest BCUT2D eigenvalue weighted by Gasteiger charge is 2.38. The molecule has 1 N–H and O–H groups in total. The summed E-state index contributed by atoms with van der Waals surface area (Å²) in [5.41, 5.74) is 5.31. The molecule has 6 rings (SSSR count). The summed E-state index contributed by atoms with van der Waals surface area (Å²) in [6.07, 6.45) is 4.43. The number of hydrogen-bond acceptors (Lipinski definition) is 3. The fraction of sp³-hybridized carbons (Fsp3) is 0.280. The molecule has 1 aliphatic heterocycles. The van der Waals surface area contributed by atoms with Crippen LogP contribution in [0.3, 0.4) is 0 Å². The zero-order valence-corrected chi connectivity index (χ0v) is 17.0. The number of rotatable bonds is 2. The summed E-state index contributed by atoms with van der Waals surface area (Å²) in [5.74, 6) is -0.222. The summed E-state index contributed by atoms with van der Waals surface area (Å²) >= 11 is 0. The highest BCUT2D eigenvalue weighted by atomic mass is 19.1. The Labute approximate surface area is 178 Å². The minimum Gasteiger partial charge on any atom is -0.356 e. The maximum atomic E-state index is 15.0. The lowest BCUT2D eigenvalue weighted by Gasteiger charge is -2.36. The van der Waals surface area contributed by atoms with Crippen molar-refractivity contribution in [2.75, 3.05) is 6.54 Å². The molecule has 0 radical (unpaired) electrons. The average molecular weight is 415 g/mol. The Hall–Kier alpha value is -3.41. The van der Waals surface area contributed by atoms with Gasteiger partial charge in [0.1, 0.15) is 11.9 Å². The molecule has 0 saturated heterocycles. The standard InChI is InChI=1S/C25H22FN3O2/c26-19-10-4-1-8-17(19)23-22-16(15-7-2-5-11-20(15)27-22)13-14-29(23)25(30)24-18-9-3-6-12-21(18)28-31-24/h1-2,4-5,7-8,10-11,23,27H,3,6,9,12-14H2/t23-/m1/s1. The molecule has 2 aliphatic rings. The third-order valence-electron chi connectivity index (χ3n) is 6.65. The third kappa shape index (κ3) is 2.81. The first-order chi connectivity index (χ1) is 15.2. The van der Waals surface area contributed by atoms with Gasteiger partial charge in [-0.25, -0.2) is 4.39 Å². The molecule has 0 saturated carbocycles. The average Bonchev–Trinajstić information content (AvgIpc) is 3.40. The van der Waals surface area contributed by atoms with Crippen LogP contribution in [0.5, 0.6) is 0 Å². The van der Waals surface area contributed by atoms with Gasteiger partial charge in [-0.3, -0.25) is 4.79 Å². The SMILES string of the molecule is O=C(c1onc2c1CCCC2)N1CCc2c([nH]c3ccccc23)[C@H]1c1ccccc1F. The molecular formula is C25H22FN3O2. The second-order valence-corrected chi connectivity index (χ2v) is 8.38. The molecule has 0 spiro atoms. The van der Waals surface area contributed by atoms with Gasteiger partial charge in [-0.1, -0.05) is 41.6 Å². The van der Waals surface area contributed by atoms with E-state index in [-0.39, 0.29) is 11.7 Å². The summed E-state index contributed by atoms with van der Waals surface area (Å²) in [5, 5.41) is 5.29. The topological polar surface area (TPSA) is 62.1 Å². The van der Waals surface area contributed by atoms with Gasteiger partial charge in [0.25, 0.3) is 5.91 Å². The fourth-order valence-electron chi connectivity index (χ4n) is 5.17. The molecule has 1 amide bonds. The van der Waals surface area contributed by atoms with Crippen molar-refractivity contribution in [1.29, 1.82) is 0 Å². The van der Waals surface area contributed by atoms with Gasteiger partial charge in [-0.15, -0.1) is 0 Å². The van der Waals surface area contributed by atoms with Crippen molar-refractivity contribution >= 4 is 16.8 Å². The number of aryl methyl sites for hydroxylation is 1. The van der Waals surface area contributed by atoms with Gasteiger partial charge < -0.3 is 14.4 Å². The maximum Gasteiger partial charge on any atom is 0.293 e. The van der Waals surface area contributed by atoms with Crippen molar-refractivity contribution in [3.63, 3.8) is 0 Å². The van der Waals surface area contributed by atoms with Gasteiger partial charge in [-0.2, -0.15) is 0 Å². The number of nitrogens with zero attached hydrogens (tertiary/aromatic N) is 2. The number of carbonyl (C=O) groups is 1. The molecule has 31 heavy (non-hydrogen) atoms. The van der Waals surface area contributed by atoms with Crippen molar-refractivity contribution in [2.24, 2.45) is 0 Å². The Balaban J connectivity index is 1.51. The van der Waals surface area contributed by atoms with Crippen LogP contribution in [-0.2, 0) is 19.3 Å². The molecule has 4 aromatic rings. The second kappa shape index (κ2) is 7.08. The van der Waals surface area contributed by atoms with Gasteiger partial charge in [0.15, 0.2) is 0 Å². The molecule has 3 heterocycles. The molecule has 156 valence electrons. The molecule has 1 aliphatic carbocycles. The lowest BCUT2D eigenvalue weighted by molar-refractivity contribution is 0.0645. The number of fused-ring (bicyclic) bond motifs is 4. The summed E-state index contributed by atoms with van der Waals surface area (Å²) < 4.78 is 20.5. The van der Waals surface area contributed by atoms with Crippen molar-refractivity contribution in [2.45, 2.75) is 38.1 Å². The van der Waals surface area contributed by atoms with Crippen LogP contribution in [0.4, 0.5) is 4.39 Å². The van der Waals surface area contributed by atoms with Crippen LogP contribution < -0.4 is 0 Å². The van der Waals surface area contributed by atoms with Crippen LogP contribution in [-0.4, -0.2) is 27.5 Å². The van der Waals surface area contributed by atoms with Crippen LogP contribution in [0.1, 0.15) is 57.5 Å². The molecule has 0 fully saturated rings. The van der Waals surface area contributed by atoms with E-state index in [0.29, 0.717) is 24.3 Å². The lowest BCUT2D eigenvalue weighted by atomic mass is 9.91. The van der Waals surface area contributed by atoms with Crippen LogP contribution in [0.25, 0.3) is 10.9 Å². The first kappa shape index (κ1) is 18.4. The summed E-state index contributed by atoms with van der Waals surface area (Å²) in [4.78, 5) is 18.9. The second-order valence-electron chi connectivity index (χ2n) is 8.38. The van der Waals surface area contributed by atoms with Crippen LogP contribution in [0.2, 0.25) is 0 Å². The van der Waals surface area contributed by atoms with E-state index in [9.17, 15) is 9.18 Å². The molecule has 0 unspecified atom stereocenters. The van der Waals surface area contributed by atoms with Gasteiger partial charge in [-0.05, 0) is 49.8 Å². The fourth-order valence-corrected chi connectivity index (χ4v) is 5.17.